The molecule has 0 heterocycles. The molecule has 0 aliphatic rings. The van der Waals surface area contributed by atoms with Crippen LogP contribution in [0.25, 0.3) is 0 Å². The summed E-state index contributed by atoms with van der Waals surface area (Å²) in [6.45, 7) is 12.7. The first-order valence-corrected chi connectivity index (χ1v) is 8.19. The lowest BCUT2D eigenvalue weighted by molar-refractivity contribution is -0.323. The molecule has 0 spiro atoms. The molecule has 1 unspecified atom stereocenters. The van der Waals surface area contributed by atoms with Gasteiger partial charge in [-0.2, -0.15) is 9.78 Å². The van der Waals surface area contributed by atoms with Crippen molar-refractivity contribution in [3.05, 3.63) is 0 Å². The molecular formula is C17H32O6. The summed E-state index contributed by atoms with van der Waals surface area (Å²) in [6, 6.07) is 0. The van der Waals surface area contributed by atoms with Crippen molar-refractivity contribution in [2.75, 3.05) is 0 Å². The van der Waals surface area contributed by atoms with E-state index in [1.807, 2.05) is 41.5 Å². The van der Waals surface area contributed by atoms with Crippen molar-refractivity contribution in [3.63, 3.8) is 0 Å². The van der Waals surface area contributed by atoms with Crippen LogP contribution in [0.2, 0.25) is 0 Å². The van der Waals surface area contributed by atoms with Gasteiger partial charge in [0.2, 0.25) is 0 Å². The van der Waals surface area contributed by atoms with Gasteiger partial charge in [0, 0.05) is 6.42 Å². The number of carbonyl (C=O) groups is 2. The lowest BCUT2D eigenvalue weighted by Crippen LogP contribution is -2.24. The van der Waals surface area contributed by atoms with E-state index in [1.165, 1.54) is 0 Å². The highest BCUT2D eigenvalue weighted by atomic mass is 17.2. The van der Waals surface area contributed by atoms with Crippen LogP contribution in [-0.4, -0.2) is 23.1 Å². The van der Waals surface area contributed by atoms with Gasteiger partial charge in [0.05, 0.1) is 5.92 Å². The van der Waals surface area contributed by atoms with Crippen molar-refractivity contribution in [2.45, 2.75) is 91.8 Å². The summed E-state index contributed by atoms with van der Waals surface area (Å²) in [5, 5.41) is 0. The number of hydrogen-bond donors (Lipinski definition) is 0. The van der Waals surface area contributed by atoms with Crippen molar-refractivity contribution >= 4 is 11.9 Å². The highest BCUT2D eigenvalue weighted by Gasteiger charge is 2.20. The van der Waals surface area contributed by atoms with Crippen LogP contribution in [0.5, 0.6) is 0 Å². The van der Waals surface area contributed by atoms with Gasteiger partial charge in [-0.15, -0.1) is 0 Å². The molecule has 0 fully saturated rings. The molecule has 0 aromatic carbocycles. The predicted octanol–water partition coefficient (Wildman–Crippen LogP) is 4.12. The molecule has 0 bridgehead atoms. The fourth-order valence-electron chi connectivity index (χ4n) is 1.48. The predicted molar refractivity (Wildman–Crippen MR) is 86.1 cm³/mol. The van der Waals surface area contributed by atoms with Crippen LogP contribution in [0, 0.1) is 5.92 Å². The summed E-state index contributed by atoms with van der Waals surface area (Å²) in [6.07, 6.45) is 3.37. The molecule has 136 valence electrons. The molecule has 6 nitrogen and oxygen atoms in total. The number of carbonyl (C=O) groups excluding carboxylic acids is 2. The lowest BCUT2D eigenvalue weighted by atomic mass is 10.0. The van der Waals surface area contributed by atoms with Crippen molar-refractivity contribution in [1.82, 2.24) is 0 Å². The summed E-state index contributed by atoms with van der Waals surface area (Å²) < 4.78 is 0. The average Bonchev–Trinajstić information content (AvgIpc) is 2.40. The minimum absolute atomic E-state index is 0.228. The fourth-order valence-corrected chi connectivity index (χ4v) is 1.48. The van der Waals surface area contributed by atoms with Crippen LogP contribution in [0.4, 0.5) is 0 Å². The minimum atomic E-state index is -0.509. The van der Waals surface area contributed by atoms with Gasteiger partial charge in [-0.05, 0) is 54.4 Å². The summed E-state index contributed by atoms with van der Waals surface area (Å²) in [4.78, 5) is 42.6. The monoisotopic (exact) mass is 332 g/mol. The zero-order chi connectivity index (χ0) is 18.1. The number of rotatable bonds is 9. The van der Waals surface area contributed by atoms with E-state index in [-0.39, 0.29) is 17.9 Å². The maximum absolute atomic E-state index is 11.7. The van der Waals surface area contributed by atoms with Gasteiger partial charge >= 0.3 is 11.9 Å². The van der Waals surface area contributed by atoms with Crippen molar-refractivity contribution in [3.8, 4) is 0 Å². The van der Waals surface area contributed by atoms with Crippen molar-refractivity contribution < 1.29 is 29.1 Å². The summed E-state index contributed by atoms with van der Waals surface area (Å²) in [5.41, 5.74) is -1.01. The molecular weight excluding hydrogens is 300 g/mol. The van der Waals surface area contributed by atoms with Crippen LogP contribution in [0.1, 0.15) is 80.6 Å². The second-order valence-electron chi connectivity index (χ2n) is 7.75. The average molecular weight is 332 g/mol. The Morgan fingerprint density at radius 1 is 0.826 bits per heavy atom. The molecule has 0 N–H and O–H groups in total. The maximum atomic E-state index is 11.7. The largest absolute Gasteiger partial charge is 0.345 e. The van der Waals surface area contributed by atoms with E-state index in [0.717, 1.165) is 12.8 Å². The number of hydrogen-bond acceptors (Lipinski definition) is 6. The standard InChI is InChI=1S/C17H32O6/c1-13(15(19)21-23-17(5,6)7)11-9-8-10-12-14(18)20-22-16(2,3)4/h13H,8-12H2,1-7H3. The first kappa shape index (κ1) is 21.9. The molecule has 0 aliphatic carbocycles. The van der Waals surface area contributed by atoms with E-state index >= 15 is 0 Å². The highest BCUT2D eigenvalue weighted by Crippen LogP contribution is 2.15. The Morgan fingerprint density at radius 3 is 1.87 bits per heavy atom. The summed E-state index contributed by atoms with van der Waals surface area (Å²) >= 11 is 0. The van der Waals surface area contributed by atoms with Crippen LogP contribution in [0.3, 0.4) is 0 Å². The second kappa shape index (κ2) is 9.88. The third-order valence-corrected chi connectivity index (χ3v) is 2.68. The molecule has 1 atom stereocenters. The third-order valence-electron chi connectivity index (χ3n) is 2.68. The number of unbranched alkanes of at least 4 members (excludes halogenated alkanes) is 2. The Hall–Kier alpha value is -1.14. The molecule has 0 aromatic rings. The molecule has 0 saturated heterocycles. The topological polar surface area (TPSA) is 71.1 Å². The van der Waals surface area contributed by atoms with Crippen molar-refractivity contribution in [1.29, 1.82) is 0 Å². The molecule has 6 heteroatoms. The molecule has 0 radical (unpaired) electrons. The van der Waals surface area contributed by atoms with Gasteiger partial charge in [0.15, 0.2) is 0 Å². The Morgan fingerprint density at radius 2 is 1.35 bits per heavy atom. The van der Waals surface area contributed by atoms with Gasteiger partial charge in [0.1, 0.15) is 11.2 Å². The smallest absolute Gasteiger partial charge is 0.298 e. The first-order chi connectivity index (χ1) is 10.4. The zero-order valence-electron chi connectivity index (χ0n) is 15.6. The SMILES string of the molecule is CC(CCCCCC(=O)OOC(C)(C)C)C(=O)OOC(C)(C)C. The molecule has 23 heavy (non-hydrogen) atoms. The van der Waals surface area contributed by atoms with E-state index < -0.39 is 11.2 Å². The normalized spacial score (nSPS) is 13.5. The lowest BCUT2D eigenvalue weighted by Gasteiger charge is -2.18. The second-order valence-corrected chi connectivity index (χ2v) is 7.75. The first-order valence-electron chi connectivity index (χ1n) is 8.19. The van der Waals surface area contributed by atoms with E-state index in [4.69, 9.17) is 19.6 Å². The zero-order valence-corrected chi connectivity index (χ0v) is 15.6. The summed E-state index contributed by atoms with van der Waals surface area (Å²) in [7, 11) is 0. The van der Waals surface area contributed by atoms with Crippen LogP contribution >= 0.6 is 0 Å². The van der Waals surface area contributed by atoms with Gasteiger partial charge < -0.3 is 0 Å². The Kier molecular flexibility index (Phi) is 9.39. The van der Waals surface area contributed by atoms with Crippen molar-refractivity contribution in [2.24, 2.45) is 5.92 Å². The van der Waals surface area contributed by atoms with Gasteiger partial charge in [-0.25, -0.2) is 9.59 Å². The third kappa shape index (κ3) is 14.2. The van der Waals surface area contributed by atoms with E-state index in [9.17, 15) is 9.59 Å². The van der Waals surface area contributed by atoms with E-state index in [2.05, 4.69) is 0 Å². The Labute approximate surface area is 139 Å². The van der Waals surface area contributed by atoms with Gasteiger partial charge in [0.25, 0.3) is 0 Å². The van der Waals surface area contributed by atoms with Crippen LogP contribution in [0.15, 0.2) is 0 Å². The molecule has 0 rings (SSSR count). The van der Waals surface area contributed by atoms with Crippen LogP contribution in [-0.2, 0) is 29.1 Å². The Bertz CT molecular complexity index is 364. The van der Waals surface area contributed by atoms with Gasteiger partial charge in [-0.1, -0.05) is 19.8 Å². The summed E-state index contributed by atoms with van der Waals surface area (Å²) in [5.74, 6) is -0.961. The molecule has 0 amide bonds. The quantitative estimate of drug-likeness (QED) is 0.359. The van der Waals surface area contributed by atoms with Gasteiger partial charge in [-0.3, -0.25) is 9.78 Å². The molecule has 0 saturated carbocycles. The Balaban J connectivity index is 3.71. The van der Waals surface area contributed by atoms with E-state index in [1.54, 1.807) is 6.92 Å². The van der Waals surface area contributed by atoms with Crippen LogP contribution < -0.4 is 0 Å². The molecule has 0 aliphatic heterocycles. The fraction of sp³-hybridized carbons (Fsp3) is 0.882. The van der Waals surface area contributed by atoms with E-state index in [0.29, 0.717) is 19.3 Å². The maximum Gasteiger partial charge on any atom is 0.345 e. The molecule has 0 aromatic heterocycles. The minimum Gasteiger partial charge on any atom is -0.298 e. The highest BCUT2D eigenvalue weighted by molar-refractivity contribution is 5.71.